The van der Waals surface area contributed by atoms with E-state index in [1.54, 1.807) is 22.6 Å². The highest BCUT2D eigenvalue weighted by atomic mass is 33.1. The summed E-state index contributed by atoms with van der Waals surface area (Å²) in [7, 11) is 3.57. The highest BCUT2D eigenvalue weighted by Crippen LogP contribution is 2.38. The van der Waals surface area contributed by atoms with Crippen LogP contribution in [-0.2, 0) is 41.1 Å². The van der Waals surface area contributed by atoms with Gasteiger partial charge in [0, 0.05) is 39.6 Å². The molecule has 6 amide bonds. The Kier molecular flexibility index (Phi) is 29.6. The number of thioether (sulfide) groups is 3. The molecule has 4 N–H and O–H groups in total. The standard InChI is InChI=1S/C61H102N6O8S5/c1-15-34-66(50-28-18-16-19-29-50)52(68)62-58(6,7)46-24-23-27-49(42-46)61(12,13)65-55(71)79-56(2,3)32-35-72-45-75-38-40-78-80-57(4,5)33-36-73-44-74-37-39-77-54(70)64-60(10,11)48-26-22-25-47(41-48)59(8,9)63-53(69)67(43-76-14)51-30-20-17-21-31-51/h22-27,41-42,50-51H,15-21,28-40,43-45H2,1-14H3,(H,62,68)(H,63,69)(H,64,70)(H,65,71). The summed E-state index contributed by atoms with van der Waals surface area (Å²) in [5.41, 5.74) is 1.41. The van der Waals surface area contributed by atoms with E-state index in [9.17, 15) is 19.2 Å². The molecule has 0 saturated heterocycles. The molecule has 0 bridgehead atoms. The quantitative estimate of drug-likeness (QED) is 0.0304. The normalized spacial score (nSPS) is 15.3. The molecule has 0 aromatic heterocycles. The lowest BCUT2D eigenvalue weighted by Crippen LogP contribution is -2.52. The molecule has 2 aliphatic rings. The predicted octanol–water partition coefficient (Wildman–Crippen LogP) is 15.3. The zero-order valence-corrected chi connectivity index (χ0v) is 55.3. The molecule has 0 radical (unpaired) electrons. The van der Waals surface area contributed by atoms with Gasteiger partial charge in [-0.15, -0.1) is 11.8 Å². The predicted molar refractivity (Wildman–Crippen MR) is 341 cm³/mol. The second kappa shape index (κ2) is 33.9. The van der Waals surface area contributed by atoms with Gasteiger partial charge < -0.3 is 50.0 Å². The minimum Gasteiger partial charge on any atom is -0.355 e. The number of ether oxygens (including phenoxy) is 4. The topological polar surface area (TPSA) is 160 Å². The summed E-state index contributed by atoms with van der Waals surface area (Å²) >= 11 is 4.15. The van der Waals surface area contributed by atoms with Gasteiger partial charge in [0.25, 0.3) is 10.5 Å². The Morgan fingerprint density at radius 1 is 0.537 bits per heavy atom. The highest BCUT2D eigenvalue weighted by molar-refractivity contribution is 8.77. The number of urea groups is 2. The fourth-order valence-electron chi connectivity index (χ4n) is 9.90. The van der Waals surface area contributed by atoms with E-state index < -0.39 is 22.2 Å². The first-order chi connectivity index (χ1) is 37.7. The van der Waals surface area contributed by atoms with Crippen LogP contribution in [0.2, 0.25) is 0 Å². The molecule has 2 aromatic carbocycles. The molecule has 0 heterocycles. The molecule has 0 spiro atoms. The lowest BCUT2D eigenvalue weighted by molar-refractivity contribution is -0.0501. The van der Waals surface area contributed by atoms with Crippen LogP contribution in [0.5, 0.6) is 0 Å². The first-order valence-electron chi connectivity index (χ1n) is 29.2. The van der Waals surface area contributed by atoms with E-state index in [2.05, 4.69) is 72.9 Å². The van der Waals surface area contributed by atoms with Crippen molar-refractivity contribution in [2.24, 2.45) is 0 Å². The first kappa shape index (κ1) is 70.0. The van der Waals surface area contributed by atoms with E-state index in [0.717, 1.165) is 73.1 Å². The number of carbonyl (C=O) groups is 4. The summed E-state index contributed by atoms with van der Waals surface area (Å²) < 4.78 is 22.7. The van der Waals surface area contributed by atoms with Crippen molar-refractivity contribution >= 4 is 79.4 Å². The number of carbonyl (C=O) groups excluding carboxylic acids is 4. The zero-order valence-electron chi connectivity index (χ0n) is 51.2. The van der Waals surface area contributed by atoms with Crippen molar-refractivity contribution in [3.63, 3.8) is 0 Å². The Labute approximate surface area is 503 Å². The zero-order chi connectivity index (χ0) is 59.0. The molecular formula is C61H102N6O8S5. The van der Waals surface area contributed by atoms with E-state index in [1.807, 2.05) is 114 Å². The summed E-state index contributed by atoms with van der Waals surface area (Å²) in [4.78, 5) is 57.8. The minimum atomic E-state index is -0.642. The van der Waals surface area contributed by atoms with Gasteiger partial charge in [-0.2, -0.15) is 0 Å². The average Bonchev–Trinajstić information content (AvgIpc) is 3.39. The Bertz CT molecular complexity index is 2200. The van der Waals surface area contributed by atoms with Gasteiger partial charge in [0.15, 0.2) is 0 Å². The van der Waals surface area contributed by atoms with Crippen molar-refractivity contribution in [2.75, 3.05) is 70.2 Å². The van der Waals surface area contributed by atoms with Crippen LogP contribution in [0.4, 0.5) is 19.2 Å². The molecule has 0 atom stereocenters. The average molecular weight is 1210 g/mol. The van der Waals surface area contributed by atoms with Gasteiger partial charge >= 0.3 is 12.1 Å². The summed E-state index contributed by atoms with van der Waals surface area (Å²) in [6.07, 6.45) is 15.9. The molecule has 19 heteroatoms. The van der Waals surface area contributed by atoms with Gasteiger partial charge in [-0.1, -0.05) is 153 Å². The molecule has 2 aromatic rings. The summed E-state index contributed by atoms with van der Waals surface area (Å²) in [6.45, 7) is 29.9. The summed E-state index contributed by atoms with van der Waals surface area (Å²) in [6, 6.07) is 16.9. The maximum absolute atomic E-state index is 13.7. The van der Waals surface area contributed by atoms with Crippen LogP contribution < -0.4 is 21.3 Å². The van der Waals surface area contributed by atoms with Crippen LogP contribution in [0.15, 0.2) is 48.5 Å². The van der Waals surface area contributed by atoms with Crippen LogP contribution in [0, 0.1) is 0 Å². The third-order valence-corrected chi connectivity index (χ3v) is 20.7. The second-order valence-electron chi connectivity index (χ2n) is 24.8. The van der Waals surface area contributed by atoms with Crippen molar-refractivity contribution in [1.29, 1.82) is 0 Å². The maximum Gasteiger partial charge on any atom is 0.319 e. The third-order valence-electron chi connectivity index (χ3n) is 15.0. The minimum absolute atomic E-state index is 0.00642. The van der Waals surface area contributed by atoms with Gasteiger partial charge in [-0.25, -0.2) is 9.59 Å². The maximum atomic E-state index is 13.7. The SMILES string of the molecule is CCCN(C(=O)NC(C)(C)c1cccc(C(C)(C)NC(=O)SC(C)(C)CCOCOCCSSC(C)(C)CCOCOCCSC(=O)NC(C)(C)c2cccc(C(C)(C)NC(=O)N(CSC)C3CCCCC3)c2)c1)C1CCCCC1. The number of hydrogen-bond acceptors (Lipinski definition) is 13. The first-order valence-corrected chi connectivity index (χ1v) is 34.7. The molecule has 14 nitrogen and oxygen atoms in total. The van der Waals surface area contributed by atoms with Gasteiger partial charge in [0.05, 0.1) is 54.5 Å². The lowest BCUT2D eigenvalue weighted by atomic mass is 9.87. The fraction of sp³-hybridized carbons (Fsp3) is 0.738. The number of hydrogen-bond donors (Lipinski definition) is 4. The van der Waals surface area contributed by atoms with Crippen molar-refractivity contribution in [2.45, 2.75) is 217 Å². The van der Waals surface area contributed by atoms with Gasteiger partial charge in [-0.05, 0) is 143 Å². The van der Waals surface area contributed by atoms with E-state index >= 15 is 0 Å². The highest BCUT2D eigenvalue weighted by Gasteiger charge is 2.35. The van der Waals surface area contributed by atoms with Crippen molar-refractivity contribution < 1.29 is 38.1 Å². The van der Waals surface area contributed by atoms with E-state index in [4.69, 9.17) is 18.9 Å². The molecule has 0 aliphatic heterocycles. The molecule has 4 rings (SSSR count). The van der Waals surface area contributed by atoms with Crippen LogP contribution in [0.3, 0.4) is 0 Å². The Balaban J connectivity index is 1.03. The monoisotopic (exact) mass is 1210 g/mol. The van der Waals surface area contributed by atoms with Crippen LogP contribution in [0.25, 0.3) is 0 Å². The Morgan fingerprint density at radius 2 is 0.950 bits per heavy atom. The largest absolute Gasteiger partial charge is 0.355 e. The summed E-state index contributed by atoms with van der Waals surface area (Å²) in [5, 5.41) is 12.8. The van der Waals surface area contributed by atoms with E-state index in [-0.39, 0.29) is 51.7 Å². The molecular weight excluding hydrogens is 1110 g/mol. The second-order valence-corrected chi connectivity index (χ2v) is 31.5. The van der Waals surface area contributed by atoms with Crippen molar-refractivity contribution in [1.82, 2.24) is 31.1 Å². The third kappa shape index (κ3) is 24.6. The Morgan fingerprint density at radius 3 is 1.43 bits per heavy atom. The smallest absolute Gasteiger partial charge is 0.319 e. The number of nitrogens with one attached hydrogen (secondary N) is 4. The van der Waals surface area contributed by atoms with E-state index in [0.29, 0.717) is 50.5 Å². The van der Waals surface area contributed by atoms with Gasteiger partial charge in [0.2, 0.25) is 0 Å². The number of amides is 6. The van der Waals surface area contributed by atoms with Crippen LogP contribution in [-0.4, -0.2) is 124 Å². The molecule has 80 heavy (non-hydrogen) atoms. The lowest BCUT2D eigenvalue weighted by Gasteiger charge is -2.38. The number of nitrogens with zero attached hydrogens (tertiary/aromatic N) is 2. The van der Waals surface area contributed by atoms with Crippen LogP contribution >= 0.6 is 56.9 Å². The molecule has 0 unspecified atom stereocenters. The molecule has 2 aliphatic carbocycles. The Hall–Kier alpha value is -2.49. The summed E-state index contributed by atoms with van der Waals surface area (Å²) in [5.74, 6) is 1.99. The van der Waals surface area contributed by atoms with Crippen LogP contribution in [0.1, 0.15) is 196 Å². The molecule has 2 fully saturated rings. The van der Waals surface area contributed by atoms with Gasteiger partial charge in [0.1, 0.15) is 13.6 Å². The van der Waals surface area contributed by atoms with E-state index in [1.165, 1.54) is 62.0 Å². The molecule has 454 valence electrons. The van der Waals surface area contributed by atoms with Crippen molar-refractivity contribution in [3.05, 3.63) is 70.8 Å². The number of benzene rings is 2. The molecule has 2 saturated carbocycles. The van der Waals surface area contributed by atoms with Gasteiger partial charge in [-0.3, -0.25) is 9.59 Å². The van der Waals surface area contributed by atoms with Crippen molar-refractivity contribution in [3.8, 4) is 0 Å². The number of rotatable bonds is 33. The fourth-order valence-corrected chi connectivity index (χ4v) is 14.6.